The monoisotopic (exact) mass is 456 g/mol. The van der Waals surface area contributed by atoms with Crippen LogP contribution in [-0.2, 0) is 0 Å². The minimum atomic E-state index is 0.406. The number of hydrogen-bond acceptors (Lipinski definition) is 6. The number of benzene rings is 2. The van der Waals surface area contributed by atoms with Gasteiger partial charge in [0, 0.05) is 24.9 Å². The van der Waals surface area contributed by atoms with Crippen molar-refractivity contribution in [2.75, 3.05) is 19.3 Å². The molecule has 3 N–H and O–H groups in total. The number of nitrogens with zero attached hydrogens (tertiary/aromatic N) is 4. The second-order valence-corrected chi connectivity index (χ2v) is 7.82. The Morgan fingerprint density at radius 2 is 1.76 bits per heavy atom. The molecule has 7 nitrogen and oxygen atoms in total. The molecule has 2 aromatic carbocycles. The molecule has 2 heterocycles. The number of H-pyrrole nitrogens is 1. The Labute approximate surface area is 201 Å². The van der Waals surface area contributed by atoms with Gasteiger partial charge in [-0.3, -0.25) is 5.10 Å². The Morgan fingerprint density at radius 1 is 1.06 bits per heavy atom. The number of nitrogens with one attached hydrogen (secondary N) is 1. The van der Waals surface area contributed by atoms with Crippen molar-refractivity contribution in [3.8, 4) is 22.8 Å². The highest BCUT2D eigenvalue weighted by atomic mass is 16.5. The minimum Gasteiger partial charge on any atom is -0.457 e. The van der Waals surface area contributed by atoms with Crippen molar-refractivity contribution >= 4 is 16.9 Å². The number of likely N-dealkylation sites (N-methyl/N-ethyl adjacent to an activating group) is 1. The summed E-state index contributed by atoms with van der Waals surface area (Å²) in [5.41, 5.74) is 9.24. The highest BCUT2D eigenvalue weighted by Gasteiger charge is 2.12. The van der Waals surface area contributed by atoms with E-state index in [1.165, 1.54) is 25.6 Å². The normalized spacial score (nSPS) is 10.3. The number of fused-ring (bicyclic) bond motifs is 1. The fraction of sp³-hybridized carbons (Fsp3) is 0.222. The zero-order valence-corrected chi connectivity index (χ0v) is 19.9. The molecule has 4 rings (SSSR count). The summed E-state index contributed by atoms with van der Waals surface area (Å²) in [7, 11) is 2.06. The van der Waals surface area contributed by atoms with Gasteiger partial charge in [-0.25, -0.2) is 9.97 Å². The lowest BCUT2D eigenvalue weighted by molar-refractivity contribution is 0.414. The van der Waals surface area contributed by atoms with Gasteiger partial charge in [0.2, 0.25) is 0 Å². The molecular formula is C27H32N6O. The van der Waals surface area contributed by atoms with E-state index in [4.69, 9.17) is 10.5 Å². The quantitative estimate of drug-likeness (QED) is 0.230. The number of allylic oxidation sites excluding steroid dienone is 1. The molecule has 2 aromatic heterocycles. The number of unbranched alkanes of at least 4 members (excludes halogenated alkanes) is 2. The molecule has 0 amide bonds. The molecule has 7 heteroatoms. The Hall–Kier alpha value is -4.13. The molecule has 0 fully saturated rings. The maximum absolute atomic E-state index is 5.94. The zero-order chi connectivity index (χ0) is 24.3. The van der Waals surface area contributed by atoms with Crippen LogP contribution in [0.25, 0.3) is 22.3 Å². The molecule has 0 aliphatic heterocycles. The summed E-state index contributed by atoms with van der Waals surface area (Å²) in [6.07, 6.45) is 7.02. The Bertz CT molecular complexity index is 1200. The number of aromatic amines is 1. The third kappa shape index (κ3) is 6.45. The van der Waals surface area contributed by atoms with Crippen LogP contribution in [0.15, 0.2) is 85.9 Å². The first-order valence-electron chi connectivity index (χ1n) is 11.3. The van der Waals surface area contributed by atoms with Gasteiger partial charge in [0.25, 0.3) is 0 Å². The van der Waals surface area contributed by atoms with Gasteiger partial charge < -0.3 is 15.4 Å². The van der Waals surface area contributed by atoms with Gasteiger partial charge in [-0.2, -0.15) is 5.10 Å². The van der Waals surface area contributed by atoms with E-state index in [2.05, 4.69) is 52.2 Å². The summed E-state index contributed by atoms with van der Waals surface area (Å²) in [5, 5.41) is 7.85. The van der Waals surface area contributed by atoms with Crippen molar-refractivity contribution in [3.63, 3.8) is 0 Å². The molecule has 0 saturated heterocycles. The van der Waals surface area contributed by atoms with E-state index >= 15 is 0 Å². The topological polar surface area (TPSA) is 93.0 Å². The molecule has 0 saturated carbocycles. The lowest BCUT2D eigenvalue weighted by atomic mass is 10.1. The van der Waals surface area contributed by atoms with Gasteiger partial charge in [-0.05, 0) is 48.9 Å². The first kappa shape index (κ1) is 24.5. The standard InChI is InChI=1S/C17H13N5O.C10H19N/c18-16-14-15(21-22-17(14)20-10-19-16)11-6-8-13(9-7-11)23-12-4-2-1-3-5-12;1-5-7-8-9-11(4)10(3)6-2/h1-10H,(H3,18,19,20,21,22);6H,2-3,5,7-9H2,1,4H3. The second-order valence-electron chi connectivity index (χ2n) is 7.82. The maximum atomic E-state index is 5.94. The van der Waals surface area contributed by atoms with Gasteiger partial charge in [0.05, 0.1) is 11.1 Å². The van der Waals surface area contributed by atoms with Crippen LogP contribution in [0.4, 0.5) is 5.82 Å². The van der Waals surface area contributed by atoms with Crippen molar-refractivity contribution in [1.29, 1.82) is 0 Å². The number of rotatable bonds is 9. The maximum Gasteiger partial charge on any atom is 0.186 e. The van der Waals surface area contributed by atoms with Crippen molar-refractivity contribution in [3.05, 3.63) is 85.9 Å². The lowest BCUT2D eigenvalue weighted by Crippen LogP contribution is -2.16. The summed E-state index contributed by atoms with van der Waals surface area (Å²) >= 11 is 0. The van der Waals surface area contributed by atoms with Gasteiger partial charge in [0.1, 0.15) is 23.6 Å². The summed E-state index contributed by atoms with van der Waals surface area (Å²) in [4.78, 5) is 10.3. The molecule has 0 aliphatic rings. The van der Waals surface area contributed by atoms with Crippen molar-refractivity contribution in [1.82, 2.24) is 25.1 Å². The lowest BCUT2D eigenvalue weighted by Gasteiger charge is -2.18. The highest BCUT2D eigenvalue weighted by molar-refractivity contribution is 5.97. The predicted molar refractivity (Wildman–Crippen MR) is 140 cm³/mol. The number of anilines is 1. The van der Waals surface area contributed by atoms with Crippen LogP contribution in [0.3, 0.4) is 0 Å². The van der Waals surface area contributed by atoms with E-state index in [0.29, 0.717) is 11.5 Å². The predicted octanol–water partition coefficient (Wildman–Crippen LogP) is 6.20. The molecule has 0 atom stereocenters. The molecule has 0 radical (unpaired) electrons. The second kappa shape index (κ2) is 12.2. The minimum absolute atomic E-state index is 0.406. The molecule has 4 aromatic rings. The molecule has 0 bridgehead atoms. The fourth-order valence-electron chi connectivity index (χ4n) is 3.30. The van der Waals surface area contributed by atoms with Crippen LogP contribution < -0.4 is 10.5 Å². The molecule has 0 spiro atoms. The molecule has 0 aliphatic carbocycles. The highest BCUT2D eigenvalue weighted by Crippen LogP contribution is 2.30. The van der Waals surface area contributed by atoms with Gasteiger partial charge in [0.15, 0.2) is 5.65 Å². The Kier molecular flexibility index (Phi) is 8.80. The van der Waals surface area contributed by atoms with Crippen LogP contribution in [0.5, 0.6) is 11.5 Å². The smallest absolute Gasteiger partial charge is 0.186 e. The Morgan fingerprint density at radius 3 is 2.44 bits per heavy atom. The van der Waals surface area contributed by atoms with Crippen LogP contribution in [0.2, 0.25) is 0 Å². The first-order valence-corrected chi connectivity index (χ1v) is 11.3. The fourth-order valence-corrected chi connectivity index (χ4v) is 3.30. The van der Waals surface area contributed by atoms with Crippen LogP contribution >= 0.6 is 0 Å². The Balaban J connectivity index is 0.000000252. The number of nitrogen functional groups attached to an aromatic ring is 1. The molecule has 0 unspecified atom stereocenters. The van der Waals surface area contributed by atoms with E-state index in [0.717, 1.165) is 40.4 Å². The number of hydrogen-bond donors (Lipinski definition) is 2. The first-order chi connectivity index (χ1) is 16.5. The number of aromatic nitrogens is 4. The third-order valence-corrected chi connectivity index (χ3v) is 5.33. The molecule has 176 valence electrons. The van der Waals surface area contributed by atoms with E-state index in [1.54, 1.807) is 6.08 Å². The van der Waals surface area contributed by atoms with E-state index in [-0.39, 0.29) is 0 Å². The van der Waals surface area contributed by atoms with E-state index in [9.17, 15) is 0 Å². The van der Waals surface area contributed by atoms with E-state index in [1.807, 2.05) is 54.6 Å². The number of para-hydroxylation sites is 1. The van der Waals surface area contributed by atoms with Crippen LogP contribution in [-0.4, -0.2) is 38.7 Å². The SMILES string of the molecule is C=CC(=C)N(C)CCCCC.Nc1ncnc2n[nH]c(-c3ccc(Oc4ccccc4)cc3)c12. The average Bonchev–Trinajstić information content (AvgIpc) is 3.31. The largest absolute Gasteiger partial charge is 0.457 e. The van der Waals surface area contributed by atoms with Crippen molar-refractivity contribution in [2.45, 2.75) is 26.2 Å². The molecule has 34 heavy (non-hydrogen) atoms. The van der Waals surface area contributed by atoms with E-state index < -0.39 is 0 Å². The average molecular weight is 457 g/mol. The van der Waals surface area contributed by atoms with Crippen LogP contribution in [0, 0.1) is 0 Å². The summed E-state index contributed by atoms with van der Waals surface area (Å²) in [6, 6.07) is 17.3. The summed E-state index contributed by atoms with van der Waals surface area (Å²) in [5.74, 6) is 1.96. The van der Waals surface area contributed by atoms with Gasteiger partial charge >= 0.3 is 0 Å². The van der Waals surface area contributed by atoms with Gasteiger partial charge in [-0.15, -0.1) is 0 Å². The third-order valence-electron chi connectivity index (χ3n) is 5.33. The zero-order valence-electron chi connectivity index (χ0n) is 19.9. The van der Waals surface area contributed by atoms with Crippen molar-refractivity contribution < 1.29 is 4.74 Å². The van der Waals surface area contributed by atoms with Crippen molar-refractivity contribution in [2.24, 2.45) is 0 Å². The number of ether oxygens (including phenoxy) is 1. The van der Waals surface area contributed by atoms with Gasteiger partial charge in [-0.1, -0.05) is 51.1 Å². The summed E-state index contributed by atoms with van der Waals surface area (Å²) < 4.78 is 5.79. The number of nitrogens with two attached hydrogens (primary N) is 1. The van der Waals surface area contributed by atoms with Crippen LogP contribution in [0.1, 0.15) is 26.2 Å². The summed E-state index contributed by atoms with van der Waals surface area (Å²) in [6.45, 7) is 10.8. The molecular weight excluding hydrogens is 424 g/mol.